The van der Waals surface area contributed by atoms with Crippen LogP contribution in [-0.4, -0.2) is 73.3 Å². The SMILES string of the molecule is O=C(C1CCOC1)N1CCN(c2ccnc(N3CCCC3)n2)CC1. The van der Waals surface area contributed by atoms with Gasteiger partial charge in [-0.2, -0.15) is 4.98 Å². The van der Waals surface area contributed by atoms with Crippen LogP contribution in [0.25, 0.3) is 0 Å². The van der Waals surface area contributed by atoms with E-state index in [-0.39, 0.29) is 11.8 Å². The molecule has 0 bridgehead atoms. The molecule has 3 aliphatic rings. The second-order valence-electron chi connectivity index (χ2n) is 6.78. The molecule has 0 aromatic carbocycles. The molecule has 24 heavy (non-hydrogen) atoms. The van der Waals surface area contributed by atoms with E-state index in [1.807, 2.05) is 17.2 Å². The van der Waals surface area contributed by atoms with Crippen molar-refractivity contribution >= 4 is 17.7 Å². The summed E-state index contributed by atoms with van der Waals surface area (Å²) in [6.45, 7) is 6.59. The maximum Gasteiger partial charge on any atom is 0.228 e. The van der Waals surface area contributed by atoms with E-state index in [1.165, 1.54) is 12.8 Å². The van der Waals surface area contributed by atoms with Crippen LogP contribution >= 0.6 is 0 Å². The first-order valence-corrected chi connectivity index (χ1v) is 9.01. The molecule has 1 unspecified atom stereocenters. The van der Waals surface area contributed by atoms with E-state index in [0.29, 0.717) is 6.61 Å². The van der Waals surface area contributed by atoms with E-state index in [2.05, 4.69) is 14.8 Å². The molecule has 7 heteroatoms. The molecule has 3 aliphatic heterocycles. The van der Waals surface area contributed by atoms with Crippen LogP contribution in [0.15, 0.2) is 12.3 Å². The predicted molar refractivity (Wildman–Crippen MR) is 91.2 cm³/mol. The Labute approximate surface area is 142 Å². The number of nitrogens with zero attached hydrogens (tertiary/aromatic N) is 5. The average molecular weight is 331 g/mol. The Morgan fingerprint density at radius 3 is 2.58 bits per heavy atom. The summed E-state index contributed by atoms with van der Waals surface area (Å²) in [6, 6.07) is 1.97. The van der Waals surface area contributed by atoms with Gasteiger partial charge in [0.05, 0.1) is 12.5 Å². The summed E-state index contributed by atoms with van der Waals surface area (Å²) in [4.78, 5) is 28.1. The number of carbonyl (C=O) groups is 1. The topological polar surface area (TPSA) is 61.8 Å². The maximum atomic E-state index is 12.5. The summed E-state index contributed by atoms with van der Waals surface area (Å²) >= 11 is 0. The van der Waals surface area contributed by atoms with Crippen molar-refractivity contribution in [1.82, 2.24) is 14.9 Å². The monoisotopic (exact) mass is 331 g/mol. The molecular formula is C17H25N5O2. The van der Waals surface area contributed by atoms with Crippen molar-refractivity contribution in [3.05, 3.63) is 12.3 Å². The third-order valence-electron chi connectivity index (χ3n) is 5.21. The molecule has 1 aromatic rings. The number of anilines is 2. The van der Waals surface area contributed by atoms with Crippen LogP contribution in [0.3, 0.4) is 0 Å². The van der Waals surface area contributed by atoms with E-state index in [1.54, 1.807) is 0 Å². The highest BCUT2D eigenvalue weighted by atomic mass is 16.5. The minimum absolute atomic E-state index is 0.0670. The number of carbonyl (C=O) groups excluding carboxylic acids is 1. The van der Waals surface area contributed by atoms with E-state index in [9.17, 15) is 4.79 Å². The largest absolute Gasteiger partial charge is 0.381 e. The van der Waals surface area contributed by atoms with E-state index >= 15 is 0 Å². The Kier molecular flexibility index (Phi) is 4.51. The molecule has 0 aliphatic carbocycles. The van der Waals surface area contributed by atoms with Gasteiger partial charge in [0.25, 0.3) is 0 Å². The predicted octanol–water partition coefficient (Wildman–Crippen LogP) is 0.762. The molecule has 0 radical (unpaired) electrons. The van der Waals surface area contributed by atoms with Gasteiger partial charge in [-0.15, -0.1) is 0 Å². The van der Waals surface area contributed by atoms with Crippen molar-refractivity contribution < 1.29 is 9.53 Å². The smallest absolute Gasteiger partial charge is 0.228 e. The lowest BCUT2D eigenvalue weighted by atomic mass is 10.1. The second kappa shape index (κ2) is 6.93. The van der Waals surface area contributed by atoms with Crippen molar-refractivity contribution in [2.45, 2.75) is 19.3 Å². The summed E-state index contributed by atoms with van der Waals surface area (Å²) in [5.41, 5.74) is 0. The van der Waals surface area contributed by atoms with Crippen molar-refractivity contribution in [3.63, 3.8) is 0 Å². The van der Waals surface area contributed by atoms with Crippen LogP contribution in [0.2, 0.25) is 0 Å². The van der Waals surface area contributed by atoms with Gasteiger partial charge in [0.15, 0.2) is 0 Å². The Bertz CT molecular complexity index is 576. The summed E-state index contributed by atoms with van der Waals surface area (Å²) in [5.74, 6) is 2.14. The minimum Gasteiger partial charge on any atom is -0.381 e. The van der Waals surface area contributed by atoms with Gasteiger partial charge < -0.3 is 19.4 Å². The Morgan fingerprint density at radius 2 is 1.88 bits per heavy atom. The van der Waals surface area contributed by atoms with E-state index in [4.69, 9.17) is 9.72 Å². The highest BCUT2D eigenvalue weighted by molar-refractivity contribution is 5.79. The van der Waals surface area contributed by atoms with Crippen molar-refractivity contribution in [1.29, 1.82) is 0 Å². The molecule has 0 spiro atoms. The van der Waals surface area contributed by atoms with Crippen molar-refractivity contribution in [3.8, 4) is 0 Å². The number of hydrogen-bond acceptors (Lipinski definition) is 6. The van der Waals surface area contributed by atoms with Crippen molar-refractivity contribution in [2.24, 2.45) is 5.92 Å². The Balaban J connectivity index is 1.37. The summed E-state index contributed by atoms with van der Waals surface area (Å²) < 4.78 is 5.34. The van der Waals surface area contributed by atoms with Gasteiger partial charge in [0.1, 0.15) is 5.82 Å². The number of hydrogen-bond donors (Lipinski definition) is 0. The van der Waals surface area contributed by atoms with Crippen LogP contribution in [0.4, 0.5) is 11.8 Å². The fourth-order valence-corrected chi connectivity index (χ4v) is 3.73. The van der Waals surface area contributed by atoms with Gasteiger partial charge in [-0.3, -0.25) is 4.79 Å². The fourth-order valence-electron chi connectivity index (χ4n) is 3.73. The molecule has 4 heterocycles. The zero-order valence-corrected chi connectivity index (χ0v) is 14.1. The number of aromatic nitrogens is 2. The average Bonchev–Trinajstić information content (AvgIpc) is 3.35. The summed E-state index contributed by atoms with van der Waals surface area (Å²) in [5, 5.41) is 0. The van der Waals surface area contributed by atoms with Gasteiger partial charge in [-0.25, -0.2) is 4.98 Å². The van der Waals surface area contributed by atoms with Crippen LogP contribution in [0, 0.1) is 5.92 Å². The highest BCUT2D eigenvalue weighted by Gasteiger charge is 2.30. The van der Waals surface area contributed by atoms with Gasteiger partial charge >= 0.3 is 0 Å². The molecule has 0 saturated carbocycles. The molecule has 0 N–H and O–H groups in total. The Morgan fingerprint density at radius 1 is 1.08 bits per heavy atom. The molecule has 1 atom stereocenters. The van der Waals surface area contributed by atoms with Crippen LogP contribution in [0.5, 0.6) is 0 Å². The number of ether oxygens (including phenoxy) is 1. The lowest BCUT2D eigenvalue weighted by molar-refractivity contribution is -0.135. The van der Waals surface area contributed by atoms with Crippen LogP contribution in [-0.2, 0) is 9.53 Å². The van der Waals surface area contributed by atoms with Gasteiger partial charge in [-0.05, 0) is 25.3 Å². The molecule has 3 fully saturated rings. The van der Waals surface area contributed by atoms with Gasteiger partial charge in [0.2, 0.25) is 11.9 Å². The quantitative estimate of drug-likeness (QED) is 0.815. The summed E-state index contributed by atoms with van der Waals surface area (Å²) in [6.07, 6.45) is 5.16. The molecule has 1 aromatic heterocycles. The molecule has 7 nitrogen and oxygen atoms in total. The lowest BCUT2D eigenvalue weighted by Crippen LogP contribution is -2.50. The highest BCUT2D eigenvalue weighted by Crippen LogP contribution is 2.21. The third kappa shape index (κ3) is 3.17. The zero-order valence-electron chi connectivity index (χ0n) is 14.1. The Hall–Kier alpha value is -1.89. The normalized spacial score (nSPS) is 24.7. The number of amides is 1. The second-order valence-corrected chi connectivity index (χ2v) is 6.78. The zero-order chi connectivity index (χ0) is 16.4. The minimum atomic E-state index is 0.0670. The summed E-state index contributed by atoms with van der Waals surface area (Å²) in [7, 11) is 0. The number of piperazine rings is 1. The third-order valence-corrected chi connectivity index (χ3v) is 5.21. The van der Waals surface area contributed by atoms with Gasteiger partial charge in [-0.1, -0.05) is 0 Å². The van der Waals surface area contributed by atoms with Crippen molar-refractivity contribution in [2.75, 3.05) is 62.3 Å². The fraction of sp³-hybridized carbons (Fsp3) is 0.706. The first kappa shape index (κ1) is 15.6. The van der Waals surface area contributed by atoms with Crippen LogP contribution in [0.1, 0.15) is 19.3 Å². The maximum absolute atomic E-state index is 12.5. The molecule has 4 rings (SSSR count). The van der Waals surface area contributed by atoms with Gasteiger partial charge in [0, 0.05) is 52.1 Å². The molecular weight excluding hydrogens is 306 g/mol. The molecule has 130 valence electrons. The first-order chi connectivity index (χ1) is 11.8. The molecule has 1 amide bonds. The molecule has 3 saturated heterocycles. The van der Waals surface area contributed by atoms with Crippen LogP contribution < -0.4 is 9.80 Å². The standard InChI is InChI=1S/C17H25N5O2/c23-16(14-4-12-24-13-14)21-10-8-20(9-11-21)15-3-5-18-17(19-15)22-6-1-2-7-22/h3,5,14H,1-2,4,6-13H2. The first-order valence-electron chi connectivity index (χ1n) is 9.01. The van der Waals surface area contributed by atoms with E-state index in [0.717, 1.165) is 64.1 Å². The van der Waals surface area contributed by atoms with E-state index < -0.39 is 0 Å². The number of rotatable bonds is 3. The lowest BCUT2D eigenvalue weighted by Gasteiger charge is -2.36.